The highest BCUT2D eigenvalue weighted by molar-refractivity contribution is 5.36. The fraction of sp³-hybridized carbons (Fsp3) is 0.250. The summed E-state index contributed by atoms with van der Waals surface area (Å²) >= 11 is 0. The van der Waals surface area contributed by atoms with Crippen molar-refractivity contribution in [2.75, 3.05) is 0 Å². The van der Waals surface area contributed by atoms with Crippen molar-refractivity contribution in [3.05, 3.63) is 59.4 Å². The highest BCUT2D eigenvalue weighted by Crippen LogP contribution is 2.25. The average molecular weight is 275 g/mol. The van der Waals surface area contributed by atoms with E-state index in [0.717, 1.165) is 11.1 Å². The van der Waals surface area contributed by atoms with E-state index in [4.69, 9.17) is 10.5 Å². The van der Waals surface area contributed by atoms with Gasteiger partial charge in [0, 0.05) is 6.04 Å². The first-order valence-corrected chi connectivity index (χ1v) is 6.50. The van der Waals surface area contributed by atoms with Crippen LogP contribution in [0.1, 0.15) is 18.1 Å². The fourth-order valence-corrected chi connectivity index (χ4v) is 1.97. The van der Waals surface area contributed by atoms with Crippen LogP contribution < -0.4 is 10.5 Å². The second-order valence-corrected chi connectivity index (χ2v) is 4.86. The van der Waals surface area contributed by atoms with Gasteiger partial charge in [0.2, 0.25) is 0 Å². The van der Waals surface area contributed by atoms with Crippen molar-refractivity contribution in [3.63, 3.8) is 0 Å². The quantitative estimate of drug-likeness (QED) is 0.882. The molecule has 106 valence electrons. The van der Waals surface area contributed by atoms with Crippen LogP contribution in [-0.2, 0) is 13.0 Å². The van der Waals surface area contributed by atoms with E-state index in [2.05, 4.69) is 0 Å². The molecular formula is C16H18FNO2. The second kappa shape index (κ2) is 6.39. The number of phenols is 1. The maximum Gasteiger partial charge on any atom is 0.165 e. The van der Waals surface area contributed by atoms with Gasteiger partial charge in [0.1, 0.15) is 12.4 Å². The molecular weight excluding hydrogens is 257 g/mol. The smallest absolute Gasteiger partial charge is 0.165 e. The van der Waals surface area contributed by atoms with Crippen molar-refractivity contribution >= 4 is 0 Å². The zero-order valence-electron chi connectivity index (χ0n) is 11.3. The predicted octanol–water partition coefficient (Wildman–Crippen LogP) is 3.00. The molecule has 2 aromatic rings. The number of para-hydroxylation sites is 1. The number of rotatable bonds is 5. The Morgan fingerprint density at radius 2 is 1.90 bits per heavy atom. The van der Waals surface area contributed by atoms with Crippen LogP contribution in [-0.4, -0.2) is 11.1 Å². The van der Waals surface area contributed by atoms with Gasteiger partial charge in [0.25, 0.3) is 0 Å². The Kier molecular flexibility index (Phi) is 4.58. The summed E-state index contributed by atoms with van der Waals surface area (Å²) in [6.45, 7) is 2.11. The molecule has 2 rings (SSSR count). The van der Waals surface area contributed by atoms with Crippen molar-refractivity contribution in [1.82, 2.24) is 0 Å². The first-order chi connectivity index (χ1) is 9.56. The Hall–Kier alpha value is -2.07. The third-order valence-corrected chi connectivity index (χ3v) is 2.91. The van der Waals surface area contributed by atoms with Crippen LogP contribution in [0.4, 0.5) is 4.39 Å². The van der Waals surface area contributed by atoms with E-state index in [1.807, 2.05) is 13.0 Å². The average Bonchev–Trinajstić information content (AvgIpc) is 2.39. The van der Waals surface area contributed by atoms with Crippen molar-refractivity contribution in [3.8, 4) is 11.5 Å². The standard InChI is InChI=1S/C16H18FNO2/c1-11(18)9-13-3-2-4-15(17)16(13)20-10-12-5-7-14(19)8-6-12/h2-8,11,19H,9-10,18H2,1H3. The van der Waals surface area contributed by atoms with Crippen LogP contribution >= 0.6 is 0 Å². The molecule has 0 aliphatic carbocycles. The maximum absolute atomic E-state index is 13.9. The Bertz CT molecular complexity index is 567. The summed E-state index contributed by atoms with van der Waals surface area (Å²) in [6.07, 6.45) is 0.558. The molecule has 1 unspecified atom stereocenters. The SMILES string of the molecule is CC(N)Cc1cccc(F)c1OCc1ccc(O)cc1. The number of phenolic OH excluding ortho intramolecular Hbond substituents is 1. The molecule has 0 saturated heterocycles. The summed E-state index contributed by atoms with van der Waals surface area (Å²) in [4.78, 5) is 0. The molecule has 3 nitrogen and oxygen atoms in total. The lowest BCUT2D eigenvalue weighted by Gasteiger charge is -2.14. The van der Waals surface area contributed by atoms with Crippen molar-refractivity contribution < 1.29 is 14.2 Å². The lowest BCUT2D eigenvalue weighted by atomic mass is 10.1. The zero-order valence-corrected chi connectivity index (χ0v) is 11.3. The largest absolute Gasteiger partial charge is 0.508 e. The molecule has 0 aliphatic heterocycles. The summed E-state index contributed by atoms with van der Waals surface area (Å²) < 4.78 is 19.4. The minimum absolute atomic E-state index is 0.0622. The maximum atomic E-state index is 13.9. The third-order valence-electron chi connectivity index (χ3n) is 2.91. The molecule has 0 fully saturated rings. The van der Waals surface area contributed by atoms with Crippen LogP contribution in [0.25, 0.3) is 0 Å². The molecule has 0 bridgehead atoms. The van der Waals surface area contributed by atoms with E-state index < -0.39 is 0 Å². The molecule has 0 heterocycles. The van der Waals surface area contributed by atoms with Crippen LogP contribution in [0.5, 0.6) is 11.5 Å². The van der Waals surface area contributed by atoms with Gasteiger partial charge in [-0.05, 0) is 42.7 Å². The minimum Gasteiger partial charge on any atom is -0.508 e. The van der Waals surface area contributed by atoms with Crippen LogP contribution in [0.15, 0.2) is 42.5 Å². The van der Waals surface area contributed by atoms with Gasteiger partial charge >= 0.3 is 0 Å². The molecule has 0 aliphatic rings. The van der Waals surface area contributed by atoms with E-state index in [9.17, 15) is 9.50 Å². The Balaban J connectivity index is 2.13. The number of ether oxygens (including phenoxy) is 1. The van der Waals surface area contributed by atoms with Gasteiger partial charge in [-0.3, -0.25) is 0 Å². The molecule has 3 N–H and O–H groups in total. The lowest BCUT2D eigenvalue weighted by molar-refractivity contribution is 0.286. The third kappa shape index (κ3) is 3.71. The Morgan fingerprint density at radius 3 is 2.55 bits per heavy atom. The van der Waals surface area contributed by atoms with Gasteiger partial charge in [-0.25, -0.2) is 4.39 Å². The van der Waals surface area contributed by atoms with Crippen LogP contribution in [0.3, 0.4) is 0 Å². The van der Waals surface area contributed by atoms with Gasteiger partial charge < -0.3 is 15.6 Å². The van der Waals surface area contributed by atoms with E-state index in [-0.39, 0.29) is 30.0 Å². The predicted molar refractivity (Wildman–Crippen MR) is 76.2 cm³/mol. The summed E-state index contributed by atoms with van der Waals surface area (Å²) in [5, 5.41) is 9.21. The topological polar surface area (TPSA) is 55.5 Å². The van der Waals surface area contributed by atoms with Gasteiger partial charge in [-0.15, -0.1) is 0 Å². The van der Waals surface area contributed by atoms with E-state index in [0.29, 0.717) is 6.42 Å². The Morgan fingerprint density at radius 1 is 1.20 bits per heavy atom. The summed E-state index contributed by atoms with van der Waals surface area (Å²) in [5.74, 6) is 0.0529. The molecule has 20 heavy (non-hydrogen) atoms. The monoisotopic (exact) mass is 275 g/mol. The van der Waals surface area contributed by atoms with Gasteiger partial charge in [-0.1, -0.05) is 24.3 Å². The summed E-state index contributed by atoms with van der Waals surface area (Å²) in [6, 6.07) is 11.4. The molecule has 2 aromatic carbocycles. The molecule has 0 radical (unpaired) electrons. The zero-order chi connectivity index (χ0) is 14.5. The second-order valence-electron chi connectivity index (χ2n) is 4.86. The Labute approximate surface area is 117 Å². The number of halogens is 1. The molecule has 0 saturated carbocycles. The highest BCUT2D eigenvalue weighted by atomic mass is 19.1. The number of benzene rings is 2. The molecule has 0 aromatic heterocycles. The minimum atomic E-state index is -0.387. The highest BCUT2D eigenvalue weighted by Gasteiger charge is 2.11. The number of aromatic hydroxyl groups is 1. The van der Waals surface area contributed by atoms with E-state index in [1.54, 1.807) is 30.3 Å². The number of hydrogen-bond donors (Lipinski definition) is 2. The van der Waals surface area contributed by atoms with Gasteiger partial charge in [0.15, 0.2) is 11.6 Å². The summed E-state index contributed by atoms with van der Waals surface area (Å²) in [7, 11) is 0. The first-order valence-electron chi connectivity index (χ1n) is 6.50. The molecule has 4 heteroatoms. The van der Waals surface area contributed by atoms with Crippen molar-refractivity contribution in [2.24, 2.45) is 5.73 Å². The van der Waals surface area contributed by atoms with E-state index in [1.165, 1.54) is 6.07 Å². The molecule has 0 spiro atoms. The normalized spacial score (nSPS) is 12.2. The lowest BCUT2D eigenvalue weighted by Crippen LogP contribution is -2.18. The molecule has 0 amide bonds. The number of nitrogens with two attached hydrogens (primary N) is 1. The van der Waals surface area contributed by atoms with E-state index >= 15 is 0 Å². The van der Waals surface area contributed by atoms with Gasteiger partial charge in [0.05, 0.1) is 0 Å². The van der Waals surface area contributed by atoms with Crippen LogP contribution in [0, 0.1) is 5.82 Å². The van der Waals surface area contributed by atoms with Crippen molar-refractivity contribution in [2.45, 2.75) is 26.0 Å². The molecule has 1 atom stereocenters. The summed E-state index contributed by atoms with van der Waals surface area (Å²) in [5.41, 5.74) is 7.38. The first kappa shape index (κ1) is 14.3. The van der Waals surface area contributed by atoms with Crippen LogP contribution in [0.2, 0.25) is 0 Å². The van der Waals surface area contributed by atoms with Gasteiger partial charge in [-0.2, -0.15) is 0 Å². The van der Waals surface area contributed by atoms with Crippen molar-refractivity contribution in [1.29, 1.82) is 0 Å². The number of hydrogen-bond acceptors (Lipinski definition) is 3. The fourth-order valence-electron chi connectivity index (χ4n) is 1.97.